The van der Waals surface area contributed by atoms with Gasteiger partial charge in [-0.2, -0.15) is 5.26 Å². The van der Waals surface area contributed by atoms with Crippen molar-refractivity contribution in [1.82, 2.24) is 4.72 Å². The number of carbonyl (C=O) groups is 1. The van der Waals surface area contributed by atoms with Crippen molar-refractivity contribution in [1.29, 1.82) is 5.26 Å². The minimum absolute atomic E-state index is 0.114. The van der Waals surface area contributed by atoms with Crippen LogP contribution in [0.1, 0.15) is 20.8 Å². The van der Waals surface area contributed by atoms with E-state index in [-0.39, 0.29) is 6.54 Å². The quantitative estimate of drug-likeness (QED) is 0.655. The third-order valence-corrected chi connectivity index (χ3v) is 3.61. The third kappa shape index (κ3) is 3.85. The third-order valence-electron chi connectivity index (χ3n) is 2.03. The van der Waals surface area contributed by atoms with E-state index in [1.54, 1.807) is 6.07 Å². The van der Waals surface area contributed by atoms with Crippen molar-refractivity contribution in [2.75, 3.05) is 6.54 Å². The summed E-state index contributed by atoms with van der Waals surface area (Å²) in [6, 6.07) is 1.60. The second-order valence-electron chi connectivity index (χ2n) is 3.89. The Kier molecular flexibility index (Phi) is 4.25. The Morgan fingerprint density at radius 2 is 2.07 bits per heavy atom. The number of carbonyl (C=O) groups excluding carboxylic acids is 1. The molecule has 3 N–H and O–H groups in total. The van der Waals surface area contributed by atoms with Crippen molar-refractivity contribution in [3.8, 4) is 6.07 Å². The van der Waals surface area contributed by atoms with Crippen LogP contribution in [-0.2, 0) is 14.8 Å². The van der Waals surface area contributed by atoms with Crippen molar-refractivity contribution >= 4 is 15.9 Å². The van der Waals surface area contributed by atoms with Crippen LogP contribution < -0.4 is 10.5 Å². The summed E-state index contributed by atoms with van der Waals surface area (Å²) in [6.45, 7) is 4.19. The highest BCUT2D eigenvalue weighted by atomic mass is 32.2. The van der Waals surface area contributed by atoms with E-state index in [2.05, 4.69) is 4.72 Å². The zero-order valence-corrected chi connectivity index (χ0v) is 9.76. The standard InChI is InChI=1S/C8H15N3O3S/c1-6(4-9)15(13,14)11-5-8(2,3)7(10)12/h6,11H,5H2,1-3H3,(H2,10,12). The van der Waals surface area contributed by atoms with Crippen molar-refractivity contribution in [2.24, 2.45) is 11.1 Å². The van der Waals surface area contributed by atoms with Gasteiger partial charge in [-0.15, -0.1) is 0 Å². The molecule has 0 fully saturated rings. The van der Waals surface area contributed by atoms with Gasteiger partial charge in [-0.3, -0.25) is 4.79 Å². The van der Waals surface area contributed by atoms with Gasteiger partial charge in [-0.25, -0.2) is 13.1 Å². The molecule has 0 aromatic heterocycles. The molecule has 0 aromatic carbocycles. The molecular weight excluding hydrogens is 218 g/mol. The minimum atomic E-state index is -3.70. The Hall–Kier alpha value is -1.13. The number of nitrogens with two attached hydrogens (primary N) is 1. The van der Waals surface area contributed by atoms with E-state index in [0.717, 1.165) is 0 Å². The van der Waals surface area contributed by atoms with Crippen LogP contribution in [0.25, 0.3) is 0 Å². The van der Waals surface area contributed by atoms with E-state index in [1.807, 2.05) is 0 Å². The summed E-state index contributed by atoms with van der Waals surface area (Å²) >= 11 is 0. The first-order valence-corrected chi connectivity index (χ1v) is 5.86. The normalized spacial score (nSPS) is 14.3. The fourth-order valence-corrected chi connectivity index (χ4v) is 1.51. The van der Waals surface area contributed by atoms with Crippen LogP contribution in [0, 0.1) is 16.7 Å². The molecule has 0 aromatic rings. The van der Waals surface area contributed by atoms with Gasteiger partial charge in [0.2, 0.25) is 15.9 Å². The Labute approximate surface area is 89.5 Å². The van der Waals surface area contributed by atoms with Crippen LogP contribution in [0.4, 0.5) is 0 Å². The second-order valence-corrected chi connectivity index (χ2v) is 5.97. The molecule has 0 rings (SSSR count). The van der Waals surface area contributed by atoms with Gasteiger partial charge in [-0.05, 0) is 20.8 Å². The van der Waals surface area contributed by atoms with Crippen LogP contribution in [-0.4, -0.2) is 26.1 Å². The average Bonchev–Trinajstić information content (AvgIpc) is 2.13. The van der Waals surface area contributed by atoms with Crippen LogP contribution in [0.5, 0.6) is 0 Å². The number of sulfonamides is 1. The van der Waals surface area contributed by atoms with E-state index in [1.165, 1.54) is 20.8 Å². The molecular formula is C8H15N3O3S. The Morgan fingerprint density at radius 1 is 1.60 bits per heavy atom. The molecule has 6 nitrogen and oxygen atoms in total. The molecule has 1 unspecified atom stereocenters. The van der Waals surface area contributed by atoms with Crippen LogP contribution in [0.15, 0.2) is 0 Å². The smallest absolute Gasteiger partial charge is 0.227 e. The number of rotatable bonds is 5. The molecule has 0 saturated heterocycles. The minimum Gasteiger partial charge on any atom is -0.369 e. The molecule has 0 radical (unpaired) electrons. The van der Waals surface area contributed by atoms with Gasteiger partial charge >= 0.3 is 0 Å². The number of nitrogens with zero attached hydrogens (tertiary/aromatic N) is 1. The van der Waals surface area contributed by atoms with Gasteiger partial charge in [0.1, 0.15) is 0 Å². The lowest BCUT2D eigenvalue weighted by molar-refractivity contribution is -0.125. The summed E-state index contributed by atoms with van der Waals surface area (Å²) in [5, 5.41) is 7.30. The fourth-order valence-electron chi connectivity index (χ4n) is 0.563. The number of nitriles is 1. The predicted molar refractivity (Wildman–Crippen MR) is 55.0 cm³/mol. The number of amides is 1. The lowest BCUT2D eigenvalue weighted by Gasteiger charge is -2.21. The van der Waals surface area contributed by atoms with Crippen molar-refractivity contribution in [2.45, 2.75) is 26.0 Å². The highest BCUT2D eigenvalue weighted by Gasteiger charge is 2.28. The zero-order valence-electron chi connectivity index (χ0n) is 8.94. The maximum atomic E-state index is 11.3. The molecule has 1 amide bonds. The van der Waals surface area contributed by atoms with Crippen LogP contribution in [0.2, 0.25) is 0 Å². The molecule has 15 heavy (non-hydrogen) atoms. The van der Waals surface area contributed by atoms with Gasteiger partial charge in [-0.1, -0.05) is 0 Å². The van der Waals surface area contributed by atoms with Crippen molar-refractivity contribution in [3.63, 3.8) is 0 Å². The van der Waals surface area contributed by atoms with E-state index in [9.17, 15) is 13.2 Å². The zero-order chi connectivity index (χ0) is 12.3. The van der Waals surface area contributed by atoms with Gasteiger partial charge in [0.25, 0.3) is 0 Å². The highest BCUT2D eigenvalue weighted by molar-refractivity contribution is 7.90. The van der Waals surface area contributed by atoms with Crippen molar-refractivity contribution < 1.29 is 13.2 Å². The van der Waals surface area contributed by atoms with E-state index in [0.29, 0.717) is 0 Å². The van der Waals surface area contributed by atoms with E-state index in [4.69, 9.17) is 11.0 Å². The maximum absolute atomic E-state index is 11.3. The van der Waals surface area contributed by atoms with Crippen LogP contribution >= 0.6 is 0 Å². The molecule has 1 atom stereocenters. The maximum Gasteiger partial charge on any atom is 0.227 e. The van der Waals surface area contributed by atoms with Gasteiger partial charge in [0.15, 0.2) is 5.25 Å². The highest BCUT2D eigenvalue weighted by Crippen LogP contribution is 2.13. The molecule has 0 heterocycles. The van der Waals surface area contributed by atoms with Gasteiger partial charge in [0.05, 0.1) is 11.5 Å². The first-order valence-electron chi connectivity index (χ1n) is 4.31. The van der Waals surface area contributed by atoms with Gasteiger partial charge < -0.3 is 5.73 Å². The average molecular weight is 233 g/mol. The number of nitrogens with one attached hydrogen (secondary N) is 1. The lowest BCUT2D eigenvalue weighted by Crippen LogP contribution is -2.44. The summed E-state index contributed by atoms with van der Waals surface area (Å²) in [4.78, 5) is 10.9. The molecule has 86 valence electrons. The Bertz CT molecular complexity index is 380. The summed E-state index contributed by atoms with van der Waals surface area (Å²) in [5.74, 6) is -0.602. The van der Waals surface area contributed by atoms with Crippen LogP contribution in [0.3, 0.4) is 0 Å². The molecule has 7 heteroatoms. The lowest BCUT2D eigenvalue weighted by atomic mass is 9.93. The molecule has 0 aliphatic carbocycles. The number of hydrogen-bond donors (Lipinski definition) is 2. The summed E-state index contributed by atoms with van der Waals surface area (Å²) in [5.41, 5.74) is 4.10. The van der Waals surface area contributed by atoms with Gasteiger partial charge in [0, 0.05) is 6.54 Å². The van der Waals surface area contributed by atoms with E-state index < -0.39 is 26.6 Å². The molecule has 0 aliphatic heterocycles. The fraction of sp³-hybridized carbons (Fsp3) is 0.750. The molecule has 0 aliphatic rings. The monoisotopic (exact) mass is 233 g/mol. The van der Waals surface area contributed by atoms with Crippen molar-refractivity contribution in [3.05, 3.63) is 0 Å². The summed E-state index contributed by atoms with van der Waals surface area (Å²) in [6.07, 6.45) is 0. The number of primary amides is 1. The topological polar surface area (TPSA) is 113 Å². The molecule has 0 bridgehead atoms. The number of hydrogen-bond acceptors (Lipinski definition) is 4. The predicted octanol–water partition coefficient (Wildman–Crippen LogP) is -0.671. The molecule has 0 saturated carbocycles. The Balaban J connectivity index is 4.56. The first kappa shape index (κ1) is 13.9. The Morgan fingerprint density at radius 3 is 2.40 bits per heavy atom. The summed E-state index contributed by atoms with van der Waals surface area (Å²) < 4.78 is 24.9. The first-order chi connectivity index (χ1) is 6.63. The largest absolute Gasteiger partial charge is 0.369 e. The van der Waals surface area contributed by atoms with E-state index >= 15 is 0 Å². The second kappa shape index (κ2) is 4.59. The summed E-state index contributed by atoms with van der Waals surface area (Å²) in [7, 11) is -3.70. The molecule has 0 spiro atoms. The SMILES string of the molecule is CC(C#N)S(=O)(=O)NCC(C)(C)C(N)=O.